The molecule has 0 aliphatic carbocycles. The quantitative estimate of drug-likeness (QED) is 0.585. The van der Waals surface area contributed by atoms with Crippen LogP contribution in [-0.4, -0.2) is 28.1 Å². The molecule has 3 rings (SSSR count). The second-order valence-electron chi connectivity index (χ2n) is 6.44. The number of benzene rings is 2. The maximum absolute atomic E-state index is 13.2. The van der Waals surface area contributed by atoms with Crippen LogP contribution in [0.2, 0.25) is 0 Å². The highest BCUT2D eigenvalue weighted by atomic mass is 79.9. The summed E-state index contributed by atoms with van der Waals surface area (Å²) in [7, 11) is 0. The number of anilines is 1. The summed E-state index contributed by atoms with van der Waals surface area (Å²) in [6.07, 6.45) is 2.00. The highest BCUT2D eigenvalue weighted by molar-refractivity contribution is 9.10. The van der Waals surface area contributed by atoms with Gasteiger partial charge in [-0.3, -0.25) is 9.59 Å². The molecule has 150 valence electrons. The fourth-order valence-electron chi connectivity index (χ4n) is 2.89. The Morgan fingerprint density at radius 2 is 1.90 bits per heavy atom. The normalized spacial score (nSPS) is 10.6. The Kier molecular flexibility index (Phi) is 6.43. The summed E-state index contributed by atoms with van der Waals surface area (Å²) in [6, 6.07) is 11.3. The number of carbonyl (C=O) groups is 2. The Balaban J connectivity index is 1.66. The van der Waals surface area contributed by atoms with E-state index < -0.39 is 5.91 Å². The molecule has 0 saturated heterocycles. The Morgan fingerprint density at radius 1 is 1.17 bits per heavy atom. The molecule has 0 radical (unpaired) electrons. The number of rotatable bonds is 6. The Labute approximate surface area is 176 Å². The van der Waals surface area contributed by atoms with Gasteiger partial charge in [-0.1, -0.05) is 22.9 Å². The van der Waals surface area contributed by atoms with Crippen LogP contribution in [0.1, 0.15) is 28.5 Å². The van der Waals surface area contributed by atoms with Gasteiger partial charge in [0, 0.05) is 10.2 Å². The molecule has 0 atom stereocenters. The van der Waals surface area contributed by atoms with Crippen molar-refractivity contribution in [1.29, 1.82) is 0 Å². The van der Waals surface area contributed by atoms with Crippen molar-refractivity contribution >= 4 is 33.4 Å². The summed E-state index contributed by atoms with van der Waals surface area (Å²) in [5.74, 6) is -1.06. The molecule has 2 aromatic carbocycles. The summed E-state index contributed by atoms with van der Waals surface area (Å²) >= 11 is 3.41. The van der Waals surface area contributed by atoms with Crippen LogP contribution in [0.5, 0.6) is 0 Å². The first-order valence-electron chi connectivity index (χ1n) is 9.06. The lowest BCUT2D eigenvalue weighted by Gasteiger charge is -2.10. The van der Waals surface area contributed by atoms with E-state index in [4.69, 9.17) is 0 Å². The minimum Gasteiger partial charge on any atom is -0.343 e. The van der Waals surface area contributed by atoms with E-state index in [0.29, 0.717) is 29.1 Å². The van der Waals surface area contributed by atoms with Crippen LogP contribution in [0.4, 0.5) is 10.1 Å². The van der Waals surface area contributed by atoms with Crippen molar-refractivity contribution in [1.82, 2.24) is 15.1 Å². The topological polar surface area (TPSA) is 76.0 Å². The first-order valence-corrected chi connectivity index (χ1v) is 9.85. The number of aromatic nitrogens is 2. The van der Waals surface area contributed by atoms with Crippen LogP contribution in [-0.2, 0) is 11.2 Å². The molecule has 0 saturated carbocycles. The van der Waals surface area contributed by atoms with Crippen LogP contribution in [0, 0.1) is 12.7 Å². The molecular weight excluding hydrogens is 439 g/mol. The van der Waals surface area contributed by atoms with Crippen LogP contribution in [0.3, 0.4) is 0 Å². The van der Waals surface area contributed by atoms with Gasteiger partial charge >= 0.3 is 0 Å². The minimum atomic E-state index is -0.391. The van der Waals surface area contributed by atoms with Crippen LogP contribution >= 0.6 is 15.9 Å². The molecule has 1 heterocycles. The number of hydrogen-bond acceptors (Lipinski definition) is 3. The molecule has 3 aromatic rings. The van der Waals surface area contributed by atoms with Crippen molar-refractivity contribution in [3.05, 3.63) is 75.8 Å². The smallest absolute Gasteiger partial charge is 0.255 e. The van der Waals surface area contributed by atoms with Gasteiger partial charge in [-0.25, -0.2) is 9.07 Å². The van der Waals surface area contributed by atoms with Crippen LogP contribution in [0.15, 0.2) is 53.1 Å². The van der Waals surface area contributed by atoms with E-state index in [1.165, 1.54) is 18.3 Å². The Bertz CT molecular complexity index is 1050. The van der Waals surface area contributed by atoms with Crippen molar-refractivity contribution in [2.75, 3.05) is 11.9 Å². The molecule has 2 amide bonds. The van der Waals surface area contributed by atoms with E-state index in [0.717, 1.165) is 10.0 Å². The van der Waals surface area contributed by atoms with Gasteiger partial charge in [-0.2, -0.15) is 5.10 Å². The zero-order chi connectivity index (χ0) is 21.0. The predicted molar refractivity (Wildman–Crippen MR) is 113 cm³/mol. The van der Waals surface area contributed by atoms with E-state index in [-0.39, 0.29) is 18.3 Å². The lowest BCUT2D eigenvalue weighted by Crippen LogP contribution is -2.33. The summed E-state index contributed by atoms with van der Waals surface area (Å²) < 4.78 is 15.7. The molecule has 0 unspecified atom stereocenters. The molecule has 8 heteroatoms. The molecule has 6 nitrogen and oxygen atoms in total. The second-order valence-corrected chi connectivity index (χ2v) is 7.30. The van der Waals surface area contributed by atoms with Gasteiger partial charge in [0.2, 0.25) is 5.91 Å². The molecule has 0 aliphatic heterocycles. The molecule has 0 spiro atoms. The zero-order valence-electron chi connectivity index (χ0n) is 16.0. The Hall–Kier alpha value is -3.00. The van der Waals surface area contributed by atoms with Crippen molar-refractivity contribution in [2.24, 2.45) is 0 Å². The average molecular weight is 459 g/mol. The number of amides is 2. The number of nitrogens with zero attached hydrogens (tertiary/aromatic N) is 2. The molecule has 29 heavy (non-hydrogen) atoms. The standard InChI is InChI=1S/C21H20BrFN4O2/c1-3-19-17(11-25-27(19)16-7-4-14(23)5-8-16)21(29)24-12-20(28)26-15-6-9-18(22)13(2)10-15/h4-11H,3,12H2,1-2H3,(H,24,29)(H,26,28). The zero-order valence-corrected chi connectivity index (χ0v) is 17.6. The average Bonchev–Trinajstić information content (AvgIpc) is 3.13. The lowest BCUT2D eigenvalue weighted by atomic mass is 10.2. The van der Waals surface area contributed by atoms with Gasteiger partial charge in [0.15, 0.2) is 0 Å². The largest absolute Gasteiger partial charge is 0.343 e. The Morgan fingerprint density at radius 3 is 2.55 bits per heavy atom. The van der Waals surface area contributed by atoms with Crippen molar-refractivity contribution < 1.29 is 14.0 Å². The first-order chi connectivity index (χ1) is 13.9. The van der Waals surface area contributed by atoms with Gasteiger partial charge < -0.3 is 10.6 Å². The van der Waals surface area contributed by atoms with E-state index in [9.17, 15) is 14.0 Å². The van der Waals surface area contributed by atoms with Crippen LogP contribution in [0.25, 0.3) is 5.69 Å². The molecule has 0 aliphatic rings. The molecule has 2 N–H and O–H groups in total. The van der Waals surface area contributed by atoms with Gasteiger partial charge in [-0.05, 0) is 61.4 Å². The van der Waals surface area contributed by atoms with Gasteiger partial charge in [0.25, 0.3) is 5.91 Å². The third-order valence-corrected chi connectivity index (χ3v) is 5.26. The summed E-state index contributed by atoms with van der Waals surface area (Å²) in [6.45, 7) is 3.65. The van der Waals surface area contributed by atoms with Crippen LogP contribution < -0.4 is 10.6 Å². The minimum absolute atomic E-state index is 0.168. The van der Waals surface area contributed by atoms with Crippen molar-refractivity contribution in [2.45, 2.75) is 20.3 Å². The van der Waals surface area contributed by atoms with Gasteiger partial charge in [0.05, 0.1) is 29.7 Å². The molecule has 0 bridgehead atoms. The fraction of sp³-hybridized carbons (Fsp3) is 0.190. The van der Waals surface area contributed by atoms with E-state index in [2.05, 4.69) is 31.7 Å². The summed E-state index contributed by atoms with van der Waals surface area (Å²) in [4.78, 5) is 24.7. The highest BCUT2D eigenvalue weighted by Gasteiger charge is 2.18. The third kappa shape index (κ3) is 4.89. The fourth-order valence-corrected chi connectivity index (χ4v) is 3.14. The first kappa shape index (κ1) is 20.7. The van der Waals surface area contributed by atoms with Crippen molar-refractivity contribution in [3.8, 4) is 5.69 Å². The number of carbonyl (C=O) groups excluding carboxylic acids is 2. The van der Waals surface area contributed by atoms with E-state index in [1.54, 1.807) is 22.9 Å². The number of nitrogens with one attached hydrogen (secondary N) is 2. The number of aryl methyl sites for hydroxylation is 1. The van der Waals surface area contributed by atoms with E-state index in [1.807, 2.05) is 26.0 Å². The SMILES string of the molecule is CCc1c(C(=O)NCC(=O)Nc2ccc(Br)c(C)c2)cnn1-c1ccc(F)cc1. The summed E-state index contributed by atoms with van der Waals surface area (Å²) in [5.41, 5.74) is 3.36. The number of hydrogen-bond donors (Lipinski definition) is 2. The predicted octanol–water partition coefficient (Wildman–Crippen LogP) is 4.01. The molecular formula is C21H20BrFN4O2. The highest BCUT2D eigenvalue weighted by Crippen LogP contribution is 2.20. The number of halogens is 2. The lowest BCUT2D eigenvalue weighted by molar-refractivity contribution is -0.115. The van der Waals surface area contributed by atoms with E-state index >= 15 is 0 Å². The van der Waals surface area contributed by atoms with Gasteiger partial charge in [0.1, 0.15) is 5.82 Å². The molecule has 1 aromatic heterocycles. The summed E-state index contributed by atoms with van der Waals surface area (Å²) in [5, 5.41) is 9.62. The molecule has 0 fully saturated rings. The maximum Gasteiger partial charge on any atom is 0.255 e. The maximum atomic E-state index is 13.2. The third-order valence-electron chi connectivity index (χ3n) is 4.37. The second kappa shape index (κ2) is 9.00. The van der Waals surface area contributed by atoms with Crippen molar-refractivity contribution in [3.63, 3.8) is 0 Å². The van der Waals surface area contributed by atoms with Gasteiger partial charge in [-0.15, -0.1) is 0 Å². The monoisotopic (exact) mass is 458 g/mol.